The van der Waals surface area contributed by atoms with E-state index in [2.05, 4.69) is 10.3 Å². The molecule has 1 atom stereocenters. The van der Waals surface area contributed by atoms with Gasteiger partial charge < -0.3 is 5.32 Å². The molecule has 8 heteroatoms. The van der Waals surface area contributed by atoms with Gasteiger partial charge in [-0.2, -0.15) is 5.26 Å². The number of nitrogens with one attached hydrogen (secondary N) is 1. The zero-order valence-corrected chi connectivity index (χ0v) is 15.9. The summed E-state index contributed by atoms with van der Waals surface area (Å²) in [5, 5.41) is 13.0. The third-order valence-corrected chi connectivity index (χ3v) is 5.71. The lowest BCUT2D eigenvalue weighted by molar-refractivity contribution is -0.119. The van der Waals surface area contributed by atoms with E-state index in [1.165, 1.54) is 11.8 Å². The third-order valence-electron chi connectivity index (χ3n) is 4.34. The molecule has 26 heavy (non-hydrogen) atoms. The van der Waals surface area contributed by atoms with Crippen LogP contribution in [0.4, 0.5) is 5.69 Å². The summed E-state index contributed by atoms with van der Waals surface area (Å²) < 4.78 is 1.58. The highest BCUT2D eigenvalue weighted by Gasteiger charge is 2.28. The first-order valence-electron chi connectivity index (χ1n) is 8.18. The molecule has 1 aromatic heterocycles. The number of thioether (sulfide) groups is 1. The summed E-state index contributed by atoms with van der Waals surface area (Å²) in [5.74, 6) is -0.122. The van der Waals surface area contributed by atoms with Crippen LogP contribution in [0.5, 0.6) is 0 Å². The topological polar surface area (TPSA) is 87.8 Å². The summed E-state index contributed by atoms with van der Waals surface area (Å²) in [4.78, 5) is 29.8. The highest BCUT2D eigenvalue weighted by atomic mass is 35.5. The molecule has 6 nitrogen and oxygen atoms in total. The van der Waals surface area contributed by atoms with E-state index in [9.17, 15) is 14.9 Å². The van der Waals surface area contributed by atoms with Gasteiger partial charge in [0.1, 0.15) is 6.07 Å². The Morgan fingerprint density at radius 3 is 3.00 bits per heavy atom. The molecule has 0 saturated heterocycles. The van der Waals surface area contributed by atoms with Gasteiger partial charge in [-0.25, -0.2) is 4.98 Å². The minimum absolute atomic E-state index is 0.0829. The highest BCUT2D eigenvalue weighted by Crippen LogP contribution is 2.28. The molecular weight excluding hydrogens is 372 g/mol. The molecular formula is C18H17ClN4O2S. The fourth-order valence-corrected chi connectivity index (χ4v) is 4.21. The number of fused-ring (bicyclic) bond motifs is 1. The van der Waals surface area contributed by atoms with Crippen molar-refractivity contribution in [2.24, 2.45) is 5.92 Å². The van der Waals surface area contributed by atoms with Crippen LogP contribution in [0.1, 0.15) is 23.7 Å². The van der Waals surface area contributed by atoms with Gasteiger partial charge in [0.15, 0.2) is 5.16 Å². The van der Waals surface area contributed by atoms with Gasteiger partial charge in [-0.05, 0) is 31.5 Å². The Labute approximate surface area is 160 Å². The van der Waals surface area contributed by atoms with Crippen LogP contribution in [0.3, 0.4) is 0 Å². The van der Waals surface area contributed by atoms with Gasteiger partial charge in [-0.1, -0.05) is 30.3 Å². The quantitative estimate of drug-likeness (QED) is 0.816. The fourth-order valence-electron chi connectivity index (χ4n) is 2.91. The first-order valence-corrected chi connectivity index (χ1v) is 9.54. The highest BCUT2D eigenvalue weighted by molar-refractivity contribution is 7.99. The predicted octanol–water partition coefficient (Wildman–Crippen LogP) is 3.00. The molecule has 1 amide bonds. The Morgan fingerprint density at radius 1 is 1.54 bits per heavy atom. The first kappa shape index (κ1) is 18.5. The molecule has 1 aromatic carbocycles. The number of amides is 1. The molecule has 2 aromatic rings. The Morgan fingerprint density at radius 2 is 2.31 bits per heavy atom. The molecule has 1 unspecified atom stereocenters. The summed E-state index contributed by atoms with van der Waals surface area (Å²) >= 11 is 7.36. The van der Waals surface area contributed by atoms with E-state index in [1.54, 1.807) is 22.8 Å². The standard InChI is InChI=1S/C18H17ClN4O2S/c1-3-14-10(2)21-18-23(17(14)25)8-12(9-26-18)16(24)22-15-6-13(19)5-4-11(15)7-20/h4-6,12H,3,8-9H2,1-2H3,(H,22,24). The molecule has 3 rings (SSSR count). The zero-order valence-electron chi connectivity index (χ0n) is 14.4. The largest absolute Gasteiger partial charge is 0.325 e. The van der Waals surface area contributed by atoms with Gasteiger partial charge in [-0.15, -0.1) is 0 Å². The molecule has 0 fully saturated rings. The molecule has 1 aliphatic rings. The fraction of sp³-hybridized carbons (Fsp3) is 0.333. The zero-order chi connectivity index (χ0) is 18.8. The van der Waals surface area contributed by atoms with Crippen molar-refractivity contribution < 1.29 is 4.79 Å². The molecule has 0 spiro atoms. The van der Waals surface area contributed by atoms with Crippen molar-refractivity contribution in [3.8, 4) is 6.07 Å². The molecule has 134 valence electrons. The second kappa shape index (κ2) is 7.52. The van der Waals surface area contributed by atoms with Crippen molar-refractivity contribution in [1.29, 1.82) is 5.26 Å². The first-order chi connectivity index (χ1) is 12.4. The molecule has 0 radical (unpaired) electrons. The maximum Gasteiger partial charge on any atom is 0.257 e. The number of carbonyl (C=O) groups is 1. The lowest BCUT2D eigenvalue weighted by atomic mass is 10.1. The van der Waals surface area contributed by atoms with Gasteiger partial charge in [0, 0.05) is 28.6 Å². The molecule has 0 aliphatic carbocycles. The van der Waals surface area contributed by atoms with E-state index in [0.717, 1.165) is 5.69 Å². The lowest BCUT2D eigenvalue weighted by Gasteiger charge is -2.25. The van der Waals surface area contributed by atoms with Crippen molar-refractivity contribution in [2.75, 3.05) is 11.1 Å². The van der Waals surface area contributed by atoms with Crippen molar-refractivity contribution >= 4 is 35.0 Å². The van der Waals surface area contributed by atoms with Crippen molar-refractivity contribution in [2.45, 2.75) is 32.0 Å². The van der Waals surface area contributed by atoms with Crippen LogP contribution in [-0.4, -0.2) is 21.2 Å². The number of hydrogen-bond donors (Lipinski definition) is 1. The van der Waals surface area contributed by atoms with E-state index in [0.29, 0.717) is 39.2 Å². The number of hydrogen-bond acceptors (Lipinski definition) is 5. The number of halogens is 1. The summed E-state index contributed by atoms with van der Waals surface area (Å²) in [7, 11) is 0. The van der Waals surface area contributed by atoms with Crippen LogP contribution in [-0.2, 0) is 17.8 Å². The van der Waals surface area contributed by atoms with Crippen LogP contribution in [0.15, 0.2) is 28.2 Å². The van der Waals surface area contributed by atoms with Crippen LogP contribution in [0, 0.1) is 24.2 Å². The van der Waals surface area contributed by atoms with Crippen molar-refractivity contribution in [3.05, 3.63) is 50.4 Å². The number of aromatic nitrogens is 2. The average Bonchev–Trinajstić information content (AvgIpc) is 2.62. The molecule has 1 aliphatic heterocycles. The summed E-state index contributed by atoms with van der Waals surface area (Å²) in [6.45, 7) is 4.03. The monoisotopic (exact) mass is 388 g/mol. The molecule has 2 heterocycles. The number of nitrogens with zero attached hydrogens (tertiary/aromatic N) is 3. The van der Waals surface area contributed by atoms with Gasteiger partial charge in [0.05, 0.1) is 17.2 Å². The Balaban J connectivity index is 1.85. The van der Waals surface area contributed by atoms with Crippen LogP contribution < -0.4 is 10.9 Å². The average molecular weight is 389 g/mol. The van der Waals surface area contributed by atoms with E-state index in [4.69, 9.17) is 11.6 Å². The van der Waals surface area contributed by atoms with Gasteiger partial charge in [0.2, 0.25) is 5.91 Å². The smallest absolute Gasteiger partial charge is 0.257 e. The second-order valence-electron chi connectivity index (χ2n) is 6.03. The number of carbonyl (C=O) groups excluding carboxylic acids is 1. The van der Waals surface area contributed by atoms with E-state index >= 15 is 0 Å². The van der Waals surface area contributed by atoms with Gasteiger partial charge >= 0.3 is 0 Å². The SMILES string of the molecule is CCc1c(C)nc2n(c1=O)CC(C(=O)Nc1cc(Cl)ccc1C#N)CS2. The number of rotatable bonds is 3. The molecule has 0 bridgehead atoms. The number of nitriles is 1. The van der Waals surface area contributed by atoms with Gasteiger partial charge in [-0.3, -0.25) is 14.2 Å². The predicted molar refractivity (Wildman–Crippen MR) is 102 cm³/mol. The van der Waals surface area contributed by atoms with Gasteiger partial charge in [0.25, 0.3) is 5.56 Å². The Kier molecular flexibility index (Phi) is 5.35. The van der Waals surface area contributed by atoms with Crippen molar-refractivity contribution in [1.82, 2.24) is 9.55 Å². The van der Waals surface area contributed by atoms with Crippen molar-refractivity contribution in [3.63, 3.8) is 0 Å². The lowest BCUT2D eigenvalue weighted by Crippen LogP contribution is -2.38. The summed E-state index contributed by atoms with van der Waals surface area (Å²) in [6, 6.07) is 6.75. The summed E-state index contributed by atoms with van der Waals surface area (Å²) in [5.41, 5.74) is 2.06. The molecule has 1 N–H and O–H groups in total. The minimum atomic E-state index is -0.398. The Bertz CT molecular complexity index is 980. The normalized spacial score (nSPS) is 15.8. The van der Waals surface area contributed by atoms with Crippen LogP contribution >= 0.6 is 23.4 Å². The van der Waals surface area contributed by atoms with E-state index in [-0.39, 0.29) is 18.0 Å². The van der Waals surface area contributed by atoms with E-state index in [1.807, 2.05) is 19.9 Å². The minimum Gasteiger partial charge on any atom is -0.325 e. The Hall–Kier alpha value is -2.30. The number of anilines is 1. The maximum atomic E-state index is 12.7. The third kappa shape index (κ3) is 3.48. The second-order valence-corrected chi connectivity index (χ2v) is 7.45. The van der Waals surface area contributed by atoms with Crippen LogP contribution in [0.25, 0.3) is 0 Å². The molecule has 0 saturated carbocycles. The summed E-state index contributed by atoms with van der Waals surface area (Å²) in [6.07, 6.45) is 0.605. The number of benzene rings is 1. The maximum absolute atomic E-state index is 12.7. The number of aryl methyl sites for hydroxylation is 1. The van der Waals surface area contributed by atoms with Crippen LogP contribution in [0.2, 0.25) is 5.02 Å². The van der Waals surface area contributed by atoms with E-state index < -0.39 is 5.92 Å².